The Labute approximate surface area is 181 Å². The molecule has 0 unspecified atom stereocenters. The number of hydrogen-bond donors (Lipinski definition) is 3. The Morgan fingerprint density at radius 2 is 2.00 bits per heavy atom. The second kappa shape index (κ2) is 6.95. The van der Waals surface area contributed by atoms with Gasteiger partial charge in [0, 0.05) is 35.6 Å². The van der Waals surface area contributed by atoms with Crippen LogP contribution in [0.4, 0.5) is 11.4 Å². The Balaban J connectivity index is 1.41. The van der Waals surface area contributed by atoms with Crippen LogP contribution in [0.25, 0.3) is 49.7 Å². The highest BCUT2D eigenvalue weighted by atomic mass is 16.2. The van der Waals surface area contributed by atoms with Crippen LogP contribution in [-0.4, -0.2) is 41.0 Å². The van der Waals surface area contributed by atoms with Gasteiger partial charge in [0.15, 0.2) is 11.5 Å². The lowest BCUT2D eigenvalue weighted by Gasteiger charge is -2.06. The summed E-state index contributed by atoms with van der Waals surface area (Å²) in [4.78, 5) is 36.3. The number of carbonyl (C=O) groups excluding carboxylic acids is 1. The normalized spacial score (nSPS) is 13.3. The minimum Gasteiger partial charge on any atom is -0.324 e. The van der Waals surface area contributed by atoms with E-state index in [1.165, 1.54) is 0 Å². The summed E-state index contributed by atoms with van der Waals surface area (Å²) in [5, 5.41) is 11.0. The molecule has 3 N–H and O–H groups in total. The number of amides is 1. The first-order valence-electron chi connectivity index (χ1n) is 10.0. The molecule has 0 bridgehead atoms. The second-order valence-electron chi connectivity index (χ2n) is 7.64. The van der Waals surface area contributed by atoms with Crippen LogP contribution >= 0.6 is 0 Å². The van der Waals surface area contributed by atoms with Crippen molar-refractivity contribution >= 4 is 39.5 Å². The zero-order chi connectivity index (χ0) is 21.7. The number of carbonyl (C=O) groups is 1. The van der Waals surface area contributed by atoms with Gasteiger partial charge in [0.25, 0.3) is 0 Å². The van der Waals surface area contributed by atoms with Gasteiger partial charge in [0.2, 0.25) is 11.6 Å². The minimum absolute atomic E-state index is 0.0342. The second-order valence-corrected chi connectivity index (χ2v) is 7.64. The molecule has 10 nitrogen and oxygen atoms in total. The topological polar surface area (TPSA) is 129 Å². The number of nitrogens with zero attached hydrogens (tertiary/aromatic N) is 6. The molecule has 5 aromatic rings. The Bertz CT molecular complexity index is 1560. The van der Waals surface area contributed by atoms with Crippen molar-refractivity contribution < 1.29 is 4.79 Å². The van der Waals surface area contributed by atoms with Crippen molar-refractivity contribution in [2.45, 2.75) is 12.8 Å². The third-order valence-corrected chi connectivity index (χ3v) is 5.41. The summed E-state index contributed by atoms with van der Waals surface area (Å²) in [6.07, 6.45) is 8.54. The molecule has 5 heterocycles. The SMILES string of the molecule is [C-]#[N+]c1ccnc2[nH]c(-c3n[nH]c4ncc(-c5cncc(NC(=O)C6CC6)c5)cc34)nc12. The van der Waals surface area contributed by atoms with Gasteiger partial charge >= 0.3 is 0 Å². The summed E-state index contributed by atoms with van der Waals surface area (Å²) >= 11 is 0. The molecule has 0 atom stereocenters. The van der Waals surface area contributed by atoms with E-state index in [2.05, 4.69) is 45.3 Å². The fourth-order valence-electron chi connectivity index (χ4n) is 3.60. The number of imidazole rings is 1. The predicted octanol–water partition coefficient (Wildman–Crippen LogP) is 3.86. The van der Waals surface area contributed by atoms with Gasteiger partial charge in [-0.25, -0.2) is 19.8 Å². The number of nitrogens with one attached hydrogen (secondary N) is 3. The number of fused-ring (bicyclic) bond motifs is 2. The summed E-state index contributed by atoms with van der Waals surface area (Å²) in [7, 11) is 0. The van der Waals surface area contributed by atoms with Gasteiger partial charge in [-0.3, -0.25) is 14.9 Å². The van der Waals surface area contributed by atoms with Crippen molar-refractivity contribution in [1.29, 1.82) is 0 Å². The molecule has 0 radical (unpaired) electrons. The molecule has 0 aromatic carbocycles. The van der Waals surface area contributed by atoms with Gasteiger partial charge in [-0.05, 0) is 31.0 Å². The Kier molecular flexibility index (Phi) is 3.94. The first-order valence-corrected chi connectivity index (χ1v) is 10.0. The van der Waals surface area contributed by atoms with Crippen LogP contribution in [0.1, 0.15) is 12.8 Å². The molecule has 32 heavy (non-hydrogen) atoms. The molecular formula is C22H15N9O. The molecule has 1 fully saturated rings. The summed E-state index contributed by atoms with van der Waals surface area (Å²) in [6.45, 7) is 7.33. The zero-order valence-electron chi connectivity index (χ0n) is 16.6. The quantitative estimate of drug-likeness (QED) is 0.378. The maximum Gasteiger partial charge on any atom is 0.227 e. The van der Waals surface area contributed by atoms with Crippen molar-refractivity contribution in [3.8, 4) is 22.6 Å². The van der Waals surface area contributed by atoms with Crippen LogP contribution < -0.4 is 5.32 Å². The molecule has 1 aliphatic carbocycles. The van der Waals surface area contributed by atoms with Crippen LogP contribution in [0.15, 0.2) is 43.0 Å². The number of anilines is 1. The average molecular weight is 421 g/mol. The number of pyridine rings is 3. The van der Waals surface area contributed by atoms with E-state index in [1.54, 1.807) is 30.9 Å². The Morgan fingerprint density at radius 3 is 2.84 bits per heavy atom. The molecule has 5 aromatic heterocycles. The Morgan fingerprint density at radius 1 is 1.12 bits per heavy atom. The monoisotopic (exact) mass is 421 g/mol. The van der Waals surface area contributed by atoms with Crippen LogP contribution in [0, 0.1) is 12.5 Å². The lowest BCUT2D eigenvalue weighted by Crippen LogP contribution is -2.13. The number of aromatic nitrogens is 7. The van der Waals surface area contributed by atoms with Gasteiger partial charge in [-0.15, -0.1) is 0 Å². The highest BCUT2D eigenvalue weighted by molar-refractivity contribution is 5.96. The van der Waals surface area contributed by atoms with E-state index in [0.717, 1.165) is 29.4 Å². The highest BCUT2D eigenvalue weighted by Crippen LogP contribution is 2.32. The van der Waals surface area contributed by atoms with Crippen LogP contribution in [0.3, 0.4) is 0 Å². The molecular weight excluding hydrogens is 406 g/mol. The summed E-state index contributed by atoms with van der Waals surface area (Å²) < 4.78 is 0. The van der Waals surface area contributed by atoms with Crippen LogP contribution in [0.2, 0.25) is 0 Å². The van der Waals surface area contributed by atoms with Crippen molar-refractivity contribution in [2.75, 3.05) is 5.32 Å². The van der Waals surface area contributed by atoms with E-state index in [4.69, 9.17) is 6.57 Å². The molecule has 154 valence electrons. The lowest BCUT2D eigenvalue weighted by atomic mass is 10.1. The summed E-state index contributed by atoms with van der Waals surface area (Å²) in [5.74, 6) is 0.649. The van der Waals surface area contributed by atoms with Gasteiger partial charge in [-0.2, -0.15) is 5.10 Å². The van der Waals surface area contributed by atoms with E-state index in [-0.39, 0.29) is 11.8 Å². The van der Waals surface area contributed by atoms with Crippen molar-refractivity contribution in [3.63, 3.8) is 0 Å². The molecule has 1 aliphatic rings. The molecule has 0 spiro atoms. The number of rotatable bonds is 4. The maximum absolute atomic E-state index is 12.1. The minimum atomic E-state index is 0.0342. The third kappa shape index (κ3) is 3.04. The fourth-order valence-corrected chi connectivity index (χ4v) is 3.60. The predicted molar refractivity (Wildman–Crippen MR) is 118 cm³/mol. The molecule has 6 rings (SSSR count). The molecule has 0 aliphatic heterocycles. The molecule has 1 amide bonds. The van der Waals surface area contributed by atoms with Crippen LogP contribution in [0.5, 0.6) is 0 Å². The van der Waals surface area contributed by atoms with Gasteiger partial charge in [0.1, 0.15) is 16.9 Å². The summed E-state index contributed by atoms with van der Waals surface area (Å²) in [5.41, 5.74) is 4.93. The number of aromatic amines is 2. The van der Waals surface area contributed by atoms with Crippen molar-refractivity contribution in [2.24, 2.45) is 5.92 Å². The van der Waals surface area contributed by atoms with E-state index in [9.17, 15) is 4.79 Å². The number of H-pyrrole nitrogens is 2. The highest BCUT2D eigenvalue weighted by Gasteiger charge is 2.29. The molecule has 0 saturated heterocycles. The fraction of sp³-hybridized carbons (Fsp3) is 0.136. The van der Waals surface area contributed by atoms with E-state index < -0.39 is 0 Å². The van der Waals surface area contributed by atoms with E-state index >= 15 is 0 Å². The van der Waals surface area contributed by atoms with E-state index in [1.807, 2.05) is 12.1 Å². The molecule has 1 saturated carbocycles. The van der Waals surface area contributed by atoms with Crippen molar-refractivity contribution in [1.82, 2.24) is 35.1 Å². The lowest BCUT2D eigenvalue weighted by molar-refractivity contribution is -0.117. The first-order chi connectivity index (χ1) is 15.7. The van der Waals surface area contributed by atoms with Crippen molar-refractivity contribution in [3.05, 3.63) is 54.4 Å². The van der Waals surface area contributed by atoms with Crippen LogP contribution in [-0.2, 0) is 4.79 Å². The van der Waals surface area contributed by atoms with Gasteiger partial charge < -0.3 is 10.3 Å². The molecule has 10 heteroatoms. The van der Waals surface area contributed by atoms with Gasteiger partial charge in [0.05, 0.1) is 23.8 Å². The average Bonchev–Trinajstić information content (AvgIpc) is 3.45. The zero-order valence-corrected chi connectivity index (χ0v) is 16.6. The largest absolute Gasteiger partial charge is 0.324 e. The standard InChI is InChI=1S/C22H15N9O/c1-23-16-4-5-25-20-18(16)28-21(29-20)17-15-7-13(9-26-19(15)31-30-17)12-6-14(10-24-8-12)27-22(32)11-2-3-11/h4-11H,2-3H2,(H,27,32)(H,25,28,29)(H,26,30,31). The number of hydrogen-bond acceptors (Lipinski definition) is 6. The maximum atomic E-state index is 12.1. The van der Waals surface area contributed by atoms with E-state index in [0.29, 0.717) is 39.7 Å². The third-order valence-electron chi connectivity index (χ3n) is 5.41. The van der Waals surface area contributed by atoms with Gasteiger partial charge in [-0.1, -0.05) is 0 Å². The Hall–Kier alpha value is -4.65. The smallest absolute Gasteiger partial charge is 0.227 e. The first kappa shape index (κ1) is 18.1. The summed E-state index contributed by atoms with van der Waals surface area (Å²) in [6, 6.07) is 5.45.